The highest BCUT2D eigenvalue weighted by atomic mass is 16.3. The summed E-state index contributed by atoms with van der Waals surface area (Å²) < 4.78 is 0. The number of hydrogen-bond donors (Lipinski definition) is 3. The van der Waals surface area contributed by atoms with Crippen molar-refractivity contribution >= 4 is 5.91 Å². The Bertz CT molecular complexity index is 159. The average molecular weight is 189 g/mol. The zero-order valence-corrected chi connectivity index (χ0v) is 8.45. The van der Waals surface area contributed by atoms with Gasteiger partial charge in [-0.15, -0.1) is 0 Å². The molecule has 0 aliphatic carbocycles. The summed E-state index contributed by atoms with van der Waals surface area (Å²) in [6, 6.07) is 0. The summed E-state index contributed by atoms with van der Waals surface area (Å²) in [6.45, 7) is 5.95. The smallest absolute Gasteiger partial charge is 0.251 e. The second kappa shape index (κ2) is 5.94. The summed E-state index contributed by atoms with van der Waals surface area (Å²) in [5.74, 6) is -0.620. The Kier molecular flexibility index (Phi) is 5.66. The van der Waals surface area contributed by atoms with Gasteiger partial charge in [-0.25, -0.2) is 0 Å². The third-order valence-corrected chi connectivity index (χ3v) is 1.82. The van der Waals surface area contributed by atoms with Crippen LogP contribution in [-0.4, -0.2) is 34.9 Å². The van der Waals surface area contributed by atoms with Gasteiger partial charge in [0.05, 0.1) is 6.10 Å². The van der Waals surface area contributed by atoms with Gasteiger partial charge in [-0.2, -0.15) is 0 Å². The molecule has 0 aromatic heterocycles. The second-order valence-electron chi connectivity index (χ2n) is 3.47. The fraction of sp³-hybridized carbons (Fsp3) is 0.889. The minimum absolute atomic E-state index is 0.123. The molecule has 4 nitrogen and oxygen atoms in total. The number of nitrogens with one attached hydrogen (secondary N) is 1. The van der Waals surface area contributed by atoms with E-state index in [1.54, 1.807) is 13.8 Å². The Morgan fingerprint density at radius 3 is 2.31 bits per heavy atom. The average Bonchev–Trinajstić information content (AvgIpc) is 2.11. The molecule has 13 heavy (non-hydrogen) atoms. The van der Waals surface area contributed by atoms with E-state index in [2.05, 4.69) is 5.32 Å². The Morgan fingerprint density at radius 2 is 1.92 bits per heavy atom. The molecule has 0 fully saturated rings. The summed E-state index contributed by atoms with van der Waals surface area (Å²) in [5.41, 5.74) is 0. The maximum absolute atomic E-state index is 11.1. The maximum Gasteiger partial charge on any atom is 0.251 e. The SMILES string of the molecule is CCCNC(=O)C(O)C(O)C(C)C. The van der Waals surface area contributed by atoms with Crippen LogP contribution < -0.4 is 5.32 Å². The highest BCUT2D eigenvalue weighted by molar-refractivity contribution is 5.81. The van der Waals surface area contributed by atoms with Gasteiger partial charge in [0.15, 0.2) is 6.10 Å². The number of carbonyl (C=O) groups is 1. The van der Waals surface area contributed by atoms with E-state index < -0.39 is 18.1 Å². The summed E-state index contributed by atoms with van der Waals surface area (Å²) >= 11 is 0. The number of carbonyl (C=O) groups excluding carboxylic acids is 1. The second-order valence-corrected chi connectivity index (χ2v) is 3.47. The zero-order valence-electron chi connectivity index (χ0n) is 8.45. The van der Waals surface area contributed by atoms with Gasteiger partial charge in [0.1, 0.15) is 0 Å². The summed E-state index contributed by atoms with van der Waals surface area (Å²) in [7, 11) is 0. The van der Waals surface area contributed by atoms with Crippen molar-refractivity contribution in [2.75, 3.05) is 6.54 Å². The third kappa shape index (κ3) is 4.24. The van der Waals surface area contributed by atoms with Crippen molar-refractivity contribution in [3.63, 3.8) is 0 Å². The highest BCUT2D eigenvalue weighted by Gasteiger charge is 2.25. The van der Waals surface area contributed by atoms with Crippen molar-refractivity contribution in [1.82, 2.24) is 5.32 Å². The monoisotopic (exact) mass is 189 g/mol. The first-order valence-corrected chi connectivity index (χ1v) is 4.64. The Morgan fingerprint density at radius 1 is 1.38 bits per heavy atom. The lowest BCUT2D eigenvalue weighted by Crippen LogP contribution is -2.44. The molecule has 0 radical (unpaired) electrons. The molecule has 0 aromatic rings. The van der Waals surface area contributed by atoms with E-state index in [1.165, 1.54) is 0 Å². The van der Waals surface area contributed by atoms with Gasteiger partial charge < -0.3 is 15.5 Å². The molecular formula is C9H19NO3. The normalized spacial score (nSPS) is 15.5. The van der Waals surface area contributed by atoms with E-state index in [4.69, 9.17) is 0 Å². The molecule has 78 valence electrons. The number of amides is 1. The van der Waals surface area contributed by atoms with Crippen LogP contribution in [0.5, 0.6) is 0 Å². The van der Waals surface area contributed by atoms with E-state index in [9.17, 15) is 15.0 Å². The van der Waals surface area contributed by atoms with Gasteiger partial charge in [0.25, 0.3) is 5.91 Å². The van der Waals surface area contributed by atoms with Crippen LogP contribution in [0.4, 0.5) is 0 Å². The van der Waals surface area contributed by atoms with E-state index in [1.807, 2.05) is 6.92 Å². The molecule has 0 aliphatic heterocycles. The van der Waals surface area contributed by atoms with Crippen molar-refractivity contribution < 1.29 is 15.0 Å². The molecule has 1 amide bonds. The van der Waals surface area contributed by atoms with Crippen molar-refractivity contribution in [2.24, 2.45) is 5.92 Å². The maximum atomic E-state index is 11.1. The van der Waals surface area contributed by atoms with Crippen molar-refractivity contribution in [3.8, 4) is 0 Å². The molecule has 2 unspecified atom stereocenters. The number of aliphatic hydroxyl groups excluding tert-OH is 2. The van der Waals surface area contributed by atoms with Gasteiger partial charge in [0.2, 0.25) is 0 Å². The van der Waals surface area contributed by atoms with Gasteiger partial charge >= 0.3 is 0 Å². The molecular weight excluding hydrogens is 170 g/mol. The van der Waals surface area contributed by atoms with Crippen LogP contribution in [0.1, 0.15) is 27.2 Å². The highest BCUT2D eigenvalue weighted by Crippen LogP contribution is 2.05. The van der Waals surface area contributed by atoms with E-state index in [0.29, 0.717) is 6.54 Å². The van der Waals surface area contributed by atoms with E-state index in [-0.39, 0.29) is 5.92 Å². The van der Waals surface area contributed by atoms with Crippen LogP contribution in [0.3, 0.4) is 0 Å². The molecule has 0 spiro atoms. The number of aliphatic hydroxyl groups is 2. The lowest BCUT2D eigenvalue weighted by molar-refractivity contribution is -0.136. The van der Waals surface area contributed by atoms with Gasteiger partial charge in [0, 0.05) is 6.54 Å². The molecule has 0 bridgehead atoms. The first-order valence-electron chi connectivity index (χ1n) is 4.64. The fourth-order valence-corrected chi connectivity index (χ4v) is 0.872. The van der Waals surface area contributed by atoms with Gasteiger partial charge in [-0.3, -0.25) is 4.79 Å². The molecule has 0 aliphatic rings. The summed E-state index contributed by atoms with van der Waals surface area (Å²) in [5, 5.41) is 21.2. The fourth-order valence-electron chi connectivity index (χ4n) is 0.872. The minimum Gasteiger partial charge on any atom is -0.390 e. The molecule has 2 atom stereocenters. The van der Waals surface area contributed by atoms with Crippen molar-refractivity contribution in [3.05, 3.63) is 0 Å². The van der Waals surface area contributed by atoms with Crippen LogP contribution in [0.2, 0.25) is 0 Å². The lowest BCUT2D eigenvalue weighted by atomic mass is 10.0. The third-order valence-electron chi connectivity index (χ3n) is 1.82. The molecule has 0 rings (SSSR count). The van der Waals surface area contributed by atoms with E-state index >= 15 is 0 Å². The molecule has 4 heteroatoms. The van der Waals surface area contributed by atoms with Crippen LogP contribution >= 0.6 is 0 Å². The van der Waals surface area contributed by atoms with Gasteiger partial charge in [-0.05, 0) is 12.3 Å². The van der Waals surface area contributed by atoms with Crippen LogP contribution in [0.15, 0.2) is 0 Å². The van der Waals surface area contributed by atoms with Crippen molar-refractivity contribution in [2.45, 2.75) is 39.4 Å². The molecule has 0 aromatic carbocycles. The Hall–Kier alpha value is -0.610. The number of hydrogen-bond acceptors (Lipinski definition) is 3. The summed E-state index contributed by atoms with van der Waals surface area (Å²) in [6.07, 6.45) is -1.49. The predicted octanol–water partition coefficient (Wildman–Crippen LogP) is -0.110. The molecule has 3 N–H and O–H groups in total. The van der Waals surface area contributed by atoms with Crippen LogP contribution in [0, 0.1) is 5.92 Å². The molecule has 0 saturated heterocycles. The summed E-state index contributed by atoms with van der Waals surface area (Å²) in [4.78, 5) is 11.1. The van der Waals surface area contributed by atoms with E-state index in [0.717, 1.165) is 6.42 Å². The molecule has 0 heterocycles. The largest absolute Gasteiger partial charge is 0.390 e. The first kappa shape index (κ1) is 12.4. The van der Waals surface area contributed by atoms with Crippen LogP contribution in [-0.2, 0) is 4.79 Å². The molecule has 0 saturated carbocycles. The van der Waals surface area contributed by atoms with Crippen LogP contribution in [0.25, 0.3) is 0 Å². The lowest BCUT2D eigenvalue weighted by Gasteiger charge is -2.20. The predicted molar refractivity (Wildman–Crippen MR) is 50.2 cm³/mol. The zero-order chi connectivity index (χ0) is 10.4. The van der Waals surface area contributed by atoms with Gasteiger partial charge in [-0.1, -0.05) is 20.8 Å². The quantitative estimate of drug-likeness (QED) is 0.565. The standard InChI is InChI=1S/C9H19NO3/c1-4-5-10-9(13)8(12)7(11)6(2)3/h6-8,11-12H,4-5H2,1-3H3,(H,10,13). The first-order chi connectivity index (χ1) is 6.00. The topological polar surface area (TPSA) is 69.6 Å². The Balaban J connectivity index is 3.94. The number of rotatable bonds is 5. The Labute approximate surface area is 79.0 Å². The minimum atomic E-state index is -1.31. The van der Waals surface area contributed by atoms with Crippen molar-refractivity contribution in [1.29, 1.82) is 0 Å².